The molecule has 0 aliphatic heterocycles. The Bertz CT molecular complexity index is 324. The second-order valence-electron chi connectivity index (χ2n) is 2.71. The first-order valence-electron chi connectivity index (χ1n) is 4.04. The van der Waals surface area contributed by atoms with Gasteiger partial charge in [0, 0.05) is 26.0 Å². The molecule has 0 fully saturated rings. The van der Waals surface area contributed by atoms with E-state index in [-0.39, 0.29) is 5.97 Å². The Balaban J connectivity index is 2.77. The standard InChI is InChI=1S/C8H12BN2O3/c1-11-5-6(10-9-14-3)4-7(11)8(12)13-2/h4-5,10H,1-3H3. The highest BCUT2D eigenvalue weighted by Crippen LogP contribution is 2.12. The van der Waals surface area contributed by atoms with Crippen molar-refractivity contribution < 1.29 is 14.2 Å². The number of methoxy groups -OCH3 is 1. The van der Waals surface area contributed by atoms with Crippen molar-refractivity contribution in [3.63, 3.8) is 0 Å². The third kappa shape index (κ3) is 2.29. The maximum atomic E-state index is 11.2. The van der Waals surface area contributed by atoms with E-state index in [0.717, 1.165) is 5.69 Å². The van der Waals surface area contributed by atoms with Crippen LogP contribution in [-0.2, 0) is 16.4 Å². The second-order valence-corrected chi connectivity index (χ2v) is 2.71. The summed E-state index contributed by atoms with van der Waals surface area (Å²) in [6, 6.07) is 1.68. The summed E-state index contributed by atoms with van der Waals surface area (Å²) >= 11 is 0. The van der Waals surface area contributed by atoms with Crippen LogP contribution in [0.15, 0.2) is 12.3 Å². The summed E-state index contributed by atoms with van der Waals surface area (Å²) in [5, 5.41) is 2.86. The number of aromatic nitrogens is 1. The molecule has 5 nitrogen and oxygen atoms in total. The molecule has 75 valence electrons. The number of aryl methyl sites for hydroxylation is 1. The summed E-state index contributed by atoms with van der Waals surface area (Å²) in [4.78, 5) is 11.2. The summed E-state index contributed by atoms with van der Waals surface area (Å²) in [6.07, 6.45) is 1.77. The zero-order valence-electron chi connectivity index (χ0n) is 8.40. The number of carbonyl (C=O) groups is 1. The summed E-state index contributed by atoms with van der Waals surface area (Å²) in [7, 11) is 6.08. The smallest absolute Gasteiger partial charge is 0.435 e. The lowest BCUT2D eigenvalue weighted by Gasteiger charge is -1.98. The van der Waals surface area contributed by atoms with Crippen LogP contribution in [0.3, 0.4) is 0 Å². The number of carbonyl (C=O) groups excluding carboxylic acids is 1. The van der Waals surface area contributed by atoms with Gasteiger partial charge < -0.3 is 19.2 Å². The summed E-state index contributed by atoms with van der Waals surface area (Å²) in [5.74, 6) is -0.363. The molecule has 0 unspecified atom stereocenters. The average molecular weight is 195 g/mol. The lowest BCUT2D eigenvalue weighted by atomic mass is 10.2. The molecule has 0 spiro atoms. The van der Waals surface area contributed by atoms with Gasteiger partial charge in [0.05, 0.1) is 7.11 Å². The molecule has 0 aliphatic rings. The van der Waals surface area contributed by atoms with Crippen LogP contribution in [0.25, 0.3) is 0 Å². The fourth-order valence-corrected chi connectivity index (χ4v) is 1.08. The Kier molecular flexibility index (Phi) is 3.59. The Morgan fingerprint density at radius 3 is 2.86 bits per heavy atom. The average Bonchev–Trinajstić information content (AvgIpc) is 2.55. The third-order valence-corrected chi connectivity index (χ3v) is 1.74. The minimum atomic E-state index is -0.363. The van der Waals surface area contributed by atoms with Crippen LogP contribution in [0.5, 0.6) is 0 Å². The van der Waals surface area contributed by atoms with Gasteiger partial charge in [0.1, 0.15) is 5.69 Å². The number of rotatable bonds is 4. The van der Waals surface area contributed by atoms with Gasteiger partial charge in [-0.15, -0.1) is 0 Å². The van der Waals surface area contributed by atoms with E-state index in [0.29, 0.717) is 5.69 Å². The van der Waals surface area contributed by atoms with Crippen molar-refractivity contribution in [2.75, 3.05) is 19.4 Å². The highest BCUT2D eigenvalue weighted by molar-refractivity contribution is 6.32. The molecule has 0 amide bonds. The molecule has 0 bridgehead atoms. The van der Waals surface area contributed by atoms with Crippen molar-refractivity contribution in [3.8, 4) is 0 Å². The normalized spacial score (nSPS) is 9.64. The van der Waals surface area contributed by atoms with Gasteiger partial charge in [-0.3, -0.25) is 0 Å². The van der Waals surface area contributed by atoms with Crippen molar-refractivity contribution in [2.45, 2.75) is 0 Å². The van der Waals surface area contributed by atoms with Crippen molar-refractivity contribution in [1.82, 2.24) is 4.57 Å². The number of nitrogens with one attached hydrogen (secondary N) is 1. The number of hydrogen-bond acceptors (Lipinski definition) is 4. The first-order chi connectivity index (χ1) is 6.69. The van der Waals surface area contributed by atoms with Crippen LogP contribution in [0.4, 0.5) is 5.69 Å². The molecule has 0 aromatic carbocycles. The number of ether oxygens (including phenoxy) is 1. The summed E-state index contributed by atoms with van der Waals surface area (Å²) < 4.78 is 11.0. The lowest BCUT2D eigenvalue weighted by Crippen LogP contribution is -2.07. The molecular formula is C8H12BN2O3. The fraction of sp³-hybridized carbons (Fsp3) is 0.375. The van der Waals surface area contributed by atoms with Crippen molar-refractivity contribution in [2.24, 2.45) is 7.05 Å². The minimum absolute atomic E-state index is 0.363. The number of nitrogens with zero attached hydrogens (tertiary/aromatic N) is 1. The zero-order chi connectivity index (χ0) is 10.6. The molecule has 1 heterocycles. The highest BCUT2D eigenvalue weighted by atomic mass is 16.5. The summed E-state index contributed by atoms with van der Waals surface area (Å²) in [5.41, 5.74) is 1.26. The SMILES string of the molecule is CO[B]Nc1cc(C(=O)OC)n(C)c1. The van der Waals surface area contributed by atoms with E-state index in [9.17, 15) is 4.79 Å². The van der Waals surface area contributed by atoms with Gasteiger partial charge in [0.2, 0.25) is 0 Å². The fourth-order valence-electron chi connectivity index (χ4n) is 1.08. The molecule has 0 atom stereocenters. The van der Waals surface area contributed by atoms with Crippen LogP contribution in [-0.4, -0.2) is 32.4 Å². The van der Waals surface area contributed by atoms with Crippen molar-refractivity contribution in [3.05, 3.63) is 18.0 Å². The molecule has 1 aromatic rings. The Hall–Kier alpha value is -1.43. The van der Waals surface area contributed by atoms with E-state index in [4.69, 9.17) is 4.65 Å². The quantitative estimate of drug-likeness (QED) is 0.558. The molecule has 0 saturated heterocycles. The van der Waals surface area contributed by atoms with E-state index in [1.807, 2.05) is 0 Å². The topological polar surface area (TPSA) is 52.5 Å². The van der Waals surface area contributed by atoms with Gasteiger partial charge in [-0.1, -0.05) is 0 Å². The van der Waals surface area contributed by atoms with Crippen LogP contribution >= 0.6 is 0 Å². The molecule has 0 aliphatic carbocycles. The van der Waals surface area contributed by atoms with E-state index < -0.39 is 0 Å². The van der Waals surface area contributed by atoms with Gasteiger partial charge in [-0.05, 0) is 6.07 Å². The number of esters is 1. The Morgan fingerprint density at radius 1 is 1.57 bits per heavy atom. The van der Waals surface area contributed by atoms with E-state index in [2.05, 4.69) is 9.96 Å². The van der Waals surface area contributed by atoms with Gasteiger partial charge >= 0.3 is 13.6 Å². The molecule has 1 rings (SSSR count). The minimum Gasteiger partial charge on any atom is -0.464 e. The molecule has 1 aromatic heterocycles. The van der Waals surface area contributed by atoms with Gasteiger partial charge in [-0.2, -0.15) is 0 Å². The van der Waals surface area contributed by atoms with Crippen molar-refractivity contribution in [1.29, 1.82) is 0 Å². The lowest BCUT2D eigenvalue weighted by molar-refractivity contribution is 0.0590. The Labute approximate surface area is 83.3 Å². The van der Waals surface area contributed by atoms with Crippen LogP contribution in [0.1, 0.15) is 10.5 Å². The van der Waals surface area contributed by atoms with Crippen molar-refractivity contribution >= 4 is 19.3 Å². The molecule has 1 N–H and O–H groups in total. The number of hydrogen-bond donors (Lipinski definition) is 1. The molecular weight excluding hydrogens is 183 g/mol. The predicted molar refractivity (Wildman–Crippen MR) is 53.1 cm³/mol. The maximum Gasteiger partial charge on any atom is 0.435 e. The van der Waals surface area contributed by atoms with Crippen LogP contribution < -0.4 is 5.23 Å². The third-order valence-electron chi connectivity index (χ3n) is 1.74. The van der Waals surface area contributed by atoms with Gasteiger partial charge in [-0.25, -0.2) is 4.79 Å². The molecule has 0 saturated carbocycles. The molecule has 14 heavy (non-hydrogen) atoms. The summed E-state index contributed by atoms with van der Waals surface area (Å²) in [6.45, 7) is 0. The monoisotopic (exact) mass is 195 g/mol. The highest BCUT2D eigenvalue weighted by Gasteiger charge is 2.11. The van der Waals surface area contributed by atoms with E-state index in [1.54, 1.807) is 23.9 Å². The molecule has 1 radical (unpaired) electrons. The van der Waals surface area contributed by atoms with Gasteiger partial charge in [0.25, 0.3) is 0 Å². The van der Waals surface area contributed by atoms with E-state index in [1.165, 1.54) is 21.8 Å². The maximum absolute atomic E-state index is 11.2. The van der Waals surface area contributed by atoms with E-state index >= 15 is 0 Å². The predicted octanol–water partition coefficient (Wildman–Crippen LogP) is 0.404. The Morgan fingerprint density at radius 2 is 2.29 bits per heavy atom. The van der Waals surface area contributed by atoms with Gasteiger partial charge in [0.15, 0.2) is 0 Å². The largest absolute Gasteiger partial charge is 0.464 e. The molecule has 6 heteroatoms. The second kappa shape index (κ2) is 4.71. The van der Waals surface area contributed by atoms with Crippen LogP contribution in [0, 0.1) is 0 Å². The first-order valence-corrected chi connectivity index (χ1v) is 4.04. The van der Waals surface area contributed by atoms with Crippen LogP contribution in [0.2, 0.25) is 0 Å². The zero-order valence-corrected chi connectivity index (χ0v) is 8.40. The number of anilines is 1. The first kappa shape index (κ1) is 10.7.